The van der Waals surface area contributed by atoms with Crippen LogP contribution in [0.15, 0.2) is 29.4 Å². The average Bonchev–Trinajstić information content (AvgIpc) is 2.71. The van der Waals surface area contributed by atoms with Crippen LogP contribution in [-0.2, 0) is 19.1 Å². The number of hydrazone groups is 1. The number of hydrogen-bond acceptors (Lipinski definition) is 6. The first-order valence-corrected chi connectivity index (χ1v) is 8.81. The molecule has 0 aliphatic carbocycles. The molecule has 1 heterocycles. The smallest absolute Gasteiger partial charge is 0.337 e. The zero-order valence-electron chi connectivity index (χ0n) is 15.3. The highest BCUT2D eigenvalue weighted by Gasteiger charge is 2.15. The van der Waals surface area contributed by atoms with Crippen LogP contribution in [0.1, 0.15) is 22.3 Å². The van der Waals surface area contributed by atoms with Gasteiger partial charge in [-0.3, -0.25) is 9.59 Å². The third-order valence-corrected chi connectivity index (χ3v) is 4.11. The summed E-state index contributed by atoms with van der Waals surface area (Å²) >= 11 is 0. The van der Waals surface area contributed by atoms with Crippen molar-refractivity contribution < 1.29 is 28.8 Å². The van der Waals surface area contributed by atoms with Crippen LogP contribution in [0, 0.1) is 0 Å². The van der Waals surface area contributed by atoms with Crippen LogP contribution >= 0.6 is 0 Å². The van der Waals surface area contributed by atoms with Crippen LogP contribution in [0.3, 0.4) is 0 Å². The van der Waals surface area contributed by atoms with Crippen LogP contribution in [0.4, 0.5) is 0 Å². The molecule has 2 rings (SSSR count). The molecule has 1 aliphatic heterocycles. The minimum atomic E-state index is -0.823. The Morgan fingerprint density at radius 2 is 1.89 bits per heavy atom. The minimum Gasteiger partial charge on any atom is -0.465 e. The lowest BCUT2D eigenvalue weighted by Crippen LogP contribution is -3.14. The van der Waals surface area contributed by atoms with E-state index in [1.165, 1.54) is 18.2 Å². The first-order valence-electron chi connectivity index (χ1n) is 8.81. The number of ether oxygens (including phenoxy) is 2. The Hall–Kier alpha value is -2.78. The van der Waals surface area contributed by atoms with E-state index in [0.717, 1.165) is 39.3 Å². The molecule has 1 saturated heterocycles. The van der Waals surface area contributed by atoms with Gasteiger partial charge in [-0.2, -0.15) is 5.10 Å². The molecule has 0 saturated carbocycles. The molecule has 1 fully saturated rings. The number of benzene rings is 1. The number of nitrogens with zero attached hydrogens (tertiary/aromatic N) is 1. The number of amides is 2. The van der Waals surface area contributed by atoms with E-state index in [2.05, 4.69) is 20.6 Å². The molecule has 0 unspecified atom stereocenters. The number of carbonyl (C=O) groups is 3. The van der Waals surface area contributed by atoms with Crippen LogP contribution < -0.4 is 15.6 Å². The van der Waals surface area contributed by atoms with Crippen molar-refractivity contribution in [2.45, 2.75) is 6.42 Å². The van der Waals surface area contributed by atoms with E-state index in [1.807, 2.05) is 0 Å². The predicted octanol–water partition coefficient (Wildman–Crippen LogP) is -1.66. The third kappa shape index (κ3) is 7.16. The maximum Gasteiger partial charge on any atom is 0.337 e. The molecule has 9 nitrogen and oxygen atoms in total. The maximum atomic E-state index is 11.7. The van der Waals surface area contributed by atoms with E-state index in [-0.39, 0.29) is 0 Å². The first kappa shape index (κ1) is 20.5. The highest BCUT2D eigenvalue weighted by atomic mass is 16.5. The number of carbonyl (C=O) groups excluding carboxylic acids is 3. The molecule has 1 aliphatic rings. The number of quaternary nitrogens is 1. The fraction of sp³-hybridized carbons (Fsp3) is 0.444. The van der Waals surface area contributed by atoms with E-state index < -0.39 is 17.8 Å². The Bertz CT molecular complexity index is 669. The normalized spacial score (nSPS) is 14.7. The summed E-state index contributed by atoms with van der Waals surface area (Å²) < 4.78 is 9.90. The van der Waals surface area contributed by atoms with Gasteiger partial charge in [0.05, 0.1) is 38.6 Å². The zero-order valence-corrected chi connectivity index (χ0v) is 15.3. The SMILES string of the molecule is COC(=O)c1ccc(/C=N\NC(=O)C(=O)NCCC[NH+]2CCOCC2)cc1. The maximum absolute atomic E-state index is 11.7. The molecule has 2 amide bonds. The van der Waals surface area contributed by atoms with Crippen molar-refractivity contribution in [3.05, 3.63) is 35.4 Å². The van der Waals surface area contributed by atoms with Gasteiger partial charge in [0.15, 0.2) is 0 Å². The Kier molecular flexibility index (Phi) is 8.40. The summed E-state index contributed by atoms with van der Waals surface area (Å²) in [6.07, 6.45) is 2.18. The van der Waals surface area contributed by atoms with Crippen molar-refractivity contribution in [3.8, 4) is 0 Å². The number of nitrogens with one attached hydrogen (secondary N) is 3. The Morgan fingerprint density at radius 3 is 2.56 bits per heavy atom. The van der Waals surface area contributed by atoms with E-state index in [0.29, 0.717) is 17.7 Å². The number of hydrogen-bond donors (Lipinski definition) is 3. The topological polar surface area (TPSA) is 111 Å². The van der Waals surface area contributed by atoms with Gasteiger partial charge in [-0.05, 0) is 17.7 Å². The molecule has 9 heteroatoms. The molecule has 1 aromatic carbocycles. The molecule has 1 aromatic rings. The Labute approximate surface area is 157 Å². The molecule has 0 atom stereocenters. The number of methoxy groups -OCH3 is 1. The lowest BCUT2D eigenvalue weighted by atomic mass is 10.1. The number of morpholine rings is 1. The van der Waals surface area contributed by atoms with Crippen molar-refractivity contribution >= 4 is 24.0 Å². The Morgan fingerprint density at radius 1 is 1.19 bits per heavy atom. The third-order valence-electron chi connectivity index (χ3n) is 4.11. The lowest BCUT2D eigenvalue weighted by molar-refractivity contribution is -0.908. The lowest BCUT2D eigenvalue weighted by Gasteiger charge is -2.23. The van der Waals surface area contributed by atoms with Crippen LogP contribution in [-0.4, -0.2) is 70.5 Å². The quantitative estimate of drug-likeness (QED) is 0.173. The zero-order chi connectivity index (χ0) is 19.5. The summed E-state index contributed by atoms with van der Waals surface area (Å²) in [5.74, 6) is -1.97. The summed E-state index contributed by atoms with van der Waals surface area (Å²) in [6.45, 7) is 4.87. The summed E-state index contributed by atoms with van der Waals surface area (Å²) in [5.41, 5.74) is 3.25. The fourth-order valence-electron chi connectivity index (χ4n) is 2.57. The summed E-state index contributed by atoms with van der Waals surface area (Å²) in [4.78, 5) is 36.2. The van der Waals surface area contributed by atoms with Crippen LogP contribution in [0.5, 0.6) is 0 Å². The van der Waals surface area contributed by atoms with E-state index >= 15 is 0 Å². The first-order chi connectivity index (χ1) is 13.1. The van der Waals surface area contributed by atoms with Gasteiger partial charge in [0.1, 0.15) is 13.1 Å². The molecule has 0 aromatic heterocycles. The van der Waals surface area contributed by atoms with Crippen LogP contribution in [0.2, 0.25) is 0 Å². The van der Waals surface area contributed by atoms with Crippen molar-refractivity contribution in [1.82, 2.24) is 10.7 Å². The number of rotatable bonds is 7. The standard InChI is InChI=1S/C18H24N4O5/c1-26-18(25)15-5-3-14(4-6-15)13-20-21-17(24)16(23)19-7-2-8-22-9-11-27-12-10-22/h3-6,13H,2,7-12H2,1H3,(H,19,23)(H,21,24)/p+1/b20-13-. The predicted molar refractivity (Wildman–Crippen MR) is 97.5 cm³/mol. The van der Waals surface area contributed by atoms with Crippen molar-refractivity contribution in [1.29, 1.82) is 0 Å². The van der Waals surface area contributed by atoms with Gasteiger partial charge >= 0.3 is 17.8 Å². The van der Waals surface area contributed by atoms with Crippen LogP contribution in [0.25, 0.3) is 0 Å². The molecular weight excluding hydrogens is 352 g/mol. The summed E-state index contributed by atoms with van der Waals surface area (Å²) in [7, 11) is 1.31. The van der Waals surface area contributed by atoms with Gasteiger partial charge in [-0.1, -0.05) is 12.1 Å². The molecule has 0 radical (unpaired) electrons. The van der Waals surface area contributed by atoms with Crippen molar-refractivity contribution in [3.63, 3.8) is 0 Å². The molecule has 0 spiro atoms. The molecule has 3 N–H and O–H groups in total. The van der Waals surface area contributed by atoms with Gasteiger partial charge < -0.3 is 19.7 Å². The van der Waals surface area contributed by atoms with Gasteiger partial charge in [0.2, 0.25) is 0 Å². The second-order valence-corrected chi connectivity index (χ2v) is 6.03. The number of esters is 1. The van der Waals surface area contributed by atoms with Gasteiger partial charge in [0, 0.05) is 13.0 Å². The Balaban J connectivity index is 1.65. The monoisotopic (exact) mass is 377 g/mol. The average molecular weight is 377 g/mol. The highest BCUT2D eigenvalue weighted by Crippen LogP contribution is 2.03. The summed E-state index contributed by atoms with van der Waals surface area (Å²) in [6, 6.07) is 6.46. The van der Waals surface area contributed by atoms with Gasteiger partial charge in [-0.25, -0.2) is 10.2 Å². The molecular formula is C18H25N4O5+. The van der Waals surface area contributed by atoms with Crippen molar-refractivity contribution in [2.75, 3.05) is 46.5 Å². The molecule has 0 bridgehead atoms. The van der Waals surface area contributed by atoms with Gasteiger partial charge in [0.25, 0.3) is 0 Å². The molecule has 146 valence electrons. The minimum absolute atomic E-state index is 0.414. The second kappa shape index (κ2) is 11.0. The van der Waals surface area contributed by atoms with Crippen molar-refractivity contribution in [2.24, 2.45) is 5.10 Å². The fourth-order valence-corrected chi connectivity index (χ4v) is 2.57. The van der Waals surface area contributed by atoms with E-state index in [9.17, 15) is 14.4 Å². The van der Waals surface area contributed by atoms with E-state index in [1.54, 1.807) is 24.3 Å². The largest absolute Gasteiger partial charge is 0.465 e. The molecule has 27 heavy (non-hydrogen) atoms. The van der Waals surface area contributed by atoms with E-state index in [4.69, 9.17) is 4.74 Å². The summed E-state index contributed by atoms with van der Waals surface area (Å²) in [5, 5.41) is 6.32. The highest BCUT2D eigenvalue weighted by molar-refractivity contribution is 6.35. The second-order valence-electron chi connectivity index (χ2n) is 6.03. The van der Waals surface area contributed by atoms with Gasteiger partial charge in [-0.15, -0.1) is 0 Å².